The third-order valence-electron chi connectivity index (χ3n) is 3.06. The van der Waals surface area contributed by atoms with Crippen LogP contribution in [0.2, 0.25) is 0 Å². The van der Waals surface area contributed by atoms with Crippen LogP contribution < -0.4 is 5.32 Å². The quantitative estimate of drug-likeness (QED) is 0.662. The summed E-state index contributed by atoms with van der Waals surface area (Å²) >= 11 is 2.64. The molecule has 0 unspecified atom stereocenters. The Bertz CT molecular complexity index is 876. The molecule has 3 rings (SSSR count). The van der Waals surface area contributed by atoms with Crippen LogP contribution in [0.4, 0.5) is 0 Å². The third-order valence-corrected chi connectivity index (χ3v) is 4.70. The molecule has 0 bridgehead atoms. The second-order valence-corrected chi connectivity index (χ2v) is 7.02. The number of thioether (sulfide) groups is 1. The lowest BCUT2D eigenvalue weighted by Crippen LogP contribution is -2.31. The van der Waals surface area contributed by atoms with Crippen molar-refractivity contribution in [3.63, 3.8) is 0 Å². The molecule has 2 aromatic heterocycles. The Morgan fingerprint density at radius 1 is 1.24 bits per heavy atom. The number of benzene rings is 1. The maximum atomic E-state index is 11.9. The van der Waals surface area contributed by atoms with E-state index in [2.05, 4.69) is 20.5 Å². The summed E-state index contributed by atoms with van der Waals surface area (Å²) in [6, 6.07) is 8.55. The van der Waals surface area contributed by atoms with Gasteiger partial charge in [-0.25, -0.2) is 4.98 Å². The molecule has 0 atom stereocenters. The van der Waals surface area contributed by atoms with Gasteiger partial charge in [-0.15, -0.1) is 21.5 Å². The van der Waals surface area contributed by atoms with Crippen LogP contribution in [-0.4, -0.2) is 32.7 Å². The van der Waals surface area contributed by atoms with Gasteiger partial charge in [0.25, 0.3) is 11.1 Å². The first-order valence-electron chi connectivity index (χ1n) is 7.35. The molecule has 1 aromatic carbocycles. The molecule has 9 heteroatoms. The predicted molar refractivity (Wildman–Crippen MR) is 93.6 cm³/mol. The lowest BCUT2D eigenvalue weighted by molar-refractivity contribution is -0.117. The second-order valence-electron chi connectivity index (χ2n) is 5.03. The van der Waals surface area contributed by atoms with E-state index in [1.807, 2.05) is 12.3 Å². The fourth-order valence-electron chi connectivity index (χ4n) is 1.96. The van der Waals surface area contributed by atoms with Gasteiger partial charge in [-0.3, -0.25) is 14.9 Å². The predicted octanol–water partition coefficient (Wildman–Crippen LogP) is 2.47. The highest BCUT2D eigenvalue weighted by Crippen LogP contribution is 2.18. The first kappa shape index (κ1) is 17.3. The van der Waals surface area contributed by atoms with E-state index in [1.54, 1.807) is 41.7 Å². The Morgan fingerprint density at radius 2 is 2.04 bits per heavy atom. The molecular formula is C16H14N4O3S2. The summed E-state index contributed by atoms with van der Waals surface area (Å²) in [6.45, 7) is 1.93. The second kappa shape index (κ2) is 8.04. The highest BCUT2D eigenvalue weighted by Gasteiger charge is 2.14. The van der Waals surface area contributed by atoms with Gasteiger partial charge in [0.15, 0.2) is 0 Å². The van der Waals surface area contributed by atoms with Gasteiger partial charge in [0.2, 0.25) is 11.8 Å². The average Bonchev–Trinajstić information content (AvgIpc) is 3.23. The topological polar surface area (TPSA) is 98.0 Å². The fraction of sp³-hybridized carbons (Fsp3) is 0.188. The summed E-state index contributed by atoms with van der Waals surface area (Å²) in [4.78, 5) is 28.1. The molecule has 2 heterocycles. The van der Waals surface area contributed by atoms with Crippen molar-refractivity contribution in [1.29, 1.82) is 0 Å². The maximum absolute atomic E-state index is 11.9. The number of aromatic nitrogens is 3. The Kier molecular flexibility index (Phi) is 5.56. The van der Waals surface area contributed by atoms with Gasteiger partial charge < -0.3 is 4.42 Å². The maximum Gasteiger partial charge on any atom is 0.277 e. The van der Waals surface area contributed by atoms with E-state index in [0.717, 1.165) is 22.5 Å². The van der Waals surface area contributed by atoms with E-state index in [4.69, 9.17) is 4.42 Å². The number of amides is 2. The number of carbonyl (C=O) groups excluding carboxylic acids is 2. The van der Waals surface area contributed by atoms with E-state index in [1.165, 1.54) is 0 Å². The minimum absolute atomic E-state index is 0.00994. The van der Waals surface area contributed by atoms with E-state index < -0.39 is 11.8 Å². The van der Waals surface area contributed by atoms with Gasteiger partial charge >= 0.3 is 0 Å². The standard InChI is InChI=1S/C16H14N4O3S2/c1-10-17-12(8-24-10)7-14-19-20-16(23-14)25-9-13(21)18-15(22)11-5-3-2-4-6-11/h2-6,8H,7,9H2,1H3,(H,18,21,22). The molecule has 7 nitrogen and oxygen atoms in total. The van der Waals surface area contributed by atoms with Crippen LogP contribution in [-0.2, 0) is 11.2 Å². The van der Waals surface area contributed by atoms with Crippen molar-refractivity contribution < 1.29 is 14.0 Å². The van der Waals surface area contributed by atoms with Gasteiger partial charge in [-0.2, -0.15) is 0 Å². The molecule has 0 radical (unpaired) electrons. The lowest BCUT2D eigenvalue weighted by atomic mass is 10.2. The summed E-state index contributed by atoms with van der Waals surface area (Å²) < 4.78 is 5.48. The van der Waals surface area contributed by atoms with Crippen LogP contribution in [0, 0.1) is 6.92 Å². The highest BCUT2D eigenvalue weighted by atomic mass is 32.2. The zero-order valence-corrected chi connectivity index (χ0v) is 14.9. The van der Waals surface area contributed by atoms with Crippen molar-refractivity contribution in [2.45, 2.75) is 18.6 Å². The number of nitrogens with zero attached hydrogens (tertiary/aromatic N) is 3. The molecule has 0 aliphatic carbocycles. The monoisotopic (exact) mass is 374 g/mol. The van der Waals surface area contributed by atoms with Crippen LogP contribution in [0.5, 0.6) is 0 Å². The fourth-order valence-corrected chi connectivity index (χ4v) is 3.16. The molecule has 0 saturated heterocycles. The Balaban J connectivity index is 1.48. The highest BCUT2D eigenvalue weighted by molar-refractivity contribution is 7.99. The van der Waals surface area contributed by atoms with Crippen LogP contribution in [0.3, 0.4) is 0 Å². The molecule has 25 heavy (non-hydrogen) atoms. The molecule has 0 saturated carbocycles. The molecule has 0 aliphatic rings. The Hall–Kier alpha value is -2.52. The van der Waals surface area contributed by atoms with Crippen molar-refractivity contribution in [1.82, 2.24) is 20.5 Å². The Morgan fingerprint density at radius 3 is 2.76 bits per heavy atom. The van der Waals surface area contributed by atoms with Crippen molar-refractivity contribution in [2.24, 2.45) is 0 Å². The lowest BCUT2D eigenvalue weighted by Gasteiger charge is -2.02. The van der Waals surface area contributed by atoms with Gasteiger partial charge in [0, 0.05) is 10.9 Å². The summed E-state index contributed by atoms with van der Waals surface area (Å²) in [5, 5.41) is 13.3. The minimum atomic E-state index is -0.434. The van der Waals surface area contributed by atoms with Crippen molar-refractivity contribution in [3.05, 3.63) is 57.9 Å². The zero-order valence-electron chi connectivity index (χ0n) is 13.3. The largest absolute Gasteiger partial charge is 0.416 e. The molecule has 0 spiro atoms. The van der Waals surface area contributed by atoms with Crippen LogP contribution >= 0.6 is 23.1 Å². The number of carbonyl (C=O) groups is 2. The summed E-state index contributed by atoms with van der Waals surface area (Å²) in [5.74, 6) is -0.408. The van der Waals surface area contributed by atoms with Crippen LogP contribution in [0.25, 0.3) is 0 Å². The van der Waals surface area contributed by atoms with Crippen molar-refractivity contribution in [3.8, 4) is 0 Å². The summed E-state index contributed by atoms with van der Waals surface area (Å²) in [6.07, 6.45) is 0.455. The van der Waals surface area contributed by atoms with E-state index >= 15 is 0 Å². The van der Waals surface area contributed by atoms with Gasteiger partial charge in [-0.05, 0) is 19.1 Å². The first-order chi connectivity index (χ1) is 12.1. The van der Waals surface area contributed by atoms with Crippen LogP contribution in [0.1, 0.15) is 27.0 Å². The first-order valence-corrected chi connectivity index (χ1v) is 9.22. The average molecular weight is 374 g/mol. The number of nitrogens with one attached hydrogen (secondary N) is 1. The van der Waals surface area contributed by atoms with E-state index in [-0.39, 0.29) is 11.0 Å². The molecule has 128 valence electrons. The number of hydrogen-bond donors (Lipinski definition) is 1. The van der Waals surface area contributed by atoms with Gasteiger partial charge in [0.1, 0.15) is 0 Å². The number of rotatable bonds is 6. The number of thiazole rings is 1. The summed E-state index contributed by atoms with van der Waals surface area (Å²) in [7, 11) is 0. The number of imide groups is 1. The van der Waals surface area contributed by atoms with Crippen LogP contribution in [0.15, 0.2) is 45.4 Å². The number of hydrogen-bond acceptors (Lipinski definition) is 8. The molecular weight excluding hydrogens is 360 g/mol. The van der Waals surface area contributed by atoms with Crippen molar-refractivity contribution >= 4 is 34.9 Å². The normalized spacial score (nSPS) is 10.6. The molecule has 2 amide bonds. The van der Waals surface area contributed by atoms with E-state index in [9.17, 15) is 9.59 Å². The summed E-state index contributed by atoms with van der Waals surface area (Å²) in [5.41, 5.74) is 1.30. The van der Waals surface area contributed by atoms with E-state index in [0.29, 0.717) is 17.9 Å². The minimum Gasteiger partial charge on any atom is -0.416 e. The Labute approximate surface area is 151 Å². The molecule has 3 aromatic rings. The third kappa shape index (κ3) is 4.97. The zero-order chi connectivity index (χ0) is 17.6. The van der Waals surface area contributed by atoms with Gasteiger partial charge in [-0.1, -0.05) is 30.0 Å². The smallest absolute Gasteiger partial charge is 0.277 e. The van der Waals surface area contributed by atoms with Gasteiger partial charge in [0.05, 0.1) is 22.9 Å². The SMILES string of the molecule is Cc1nc(Cc2nnc(SCC(=O)NC(=O)c3ccccc3)o2)cs1. The number of aryl methyl sites for hydroxylation is 1. The van der Waals surface area contributed by atoms with Crippen molar-refractivity contribution in [2.75, 3.05) is 5.75 Å². The molecule has 1 N–H and O–H groups in total. The molecule has 0 fully saturated rings. The molecule has 0 aliphatic heterocycles.